The van der Waals surface area contributed by atoms with E-state index in [4.69, 9.17) is 5.73 Å². The Morgan fingerprint density at radius 1 is 1.30 bits per heavy atom. The number of thioether (sulfide) groups is 1. The molecule has 1 aromatic rings. The zero-order valence-electron chi connectivity index (χ0n) is 17.3. The molecular weight excluding hydrogens is 426 g/mol. The van der Waals surface area contributed by atoms with Crippen molar-refractivity contribution in [2.75, 3.05) is 30.9 Å². The fourth-order valence-corrected chi connectivity index (χ4v) is 4.69. The second-order valence-corrected chi connectivity index (χ2v) is 9.66. The molecule has 1 aliphatic heterocycles. The third-order valence-corrected chi connectivity index (χ3v) is 6.65. The zero-order chi connectivity index (χ0) is 22.1. The van der Waals surface area contributed by atoms with Crippen molar-refractivity contribution < 1.29 is 18.0 Å². The fourth-order valence-electron chi connectivity index (χ4n) is 3.08. The number of likely N-dealkylation sites (tertiary alicyclic amines) is 1. The van der Waals surface area contributed by atoms with Gasteiger partial charge >= 0.3 is 6.03 Å². The predicted octanol–water partition coefficient (Wildman–Crippen LogP) is 2.01. The molecule has 1 heterocycles. The molecule has 1 aromatic carbocycles. The number of hydrogen-bond acceptors (Lipinski definition) is 5. The van der Waals surface area contributed by atoms with Gasteiger partial charge in [0.2, 0.25) is 5.91 Å². The molecule has 1 atom stereocenters. The summed E-state index contributed by atoms with van der Waals surface area (Å²) < 4.78 is 29.7. The largest absolute Gasteiger partial charge is 0.362 e. The number of rotatable bonds is 8. The number of anilines is 1. The van der Waals surface area contributed by atoms with E-state index in [1.807, 2.05) is 18.2 Å². The number of nitrogens with zero attached hydrogens (tertiary/aromatic N) is 2. The number of carbonyl (C=O) groups is 2. The summed E-state index contributed by atoms with van der Waals surface area (Å²) in [6.07, 6.45) is 5.85. The van der Waals surface area contributed by atoms with E-state index in [-0.39, 0.29) is 4.90 Å². The summed E-state index contributed by atoms with van der Waals surface area (Å²) in [5, 5.41) is 5.06. The van der Waals surface area contributed by atoms with Crippen molar-refractivity contribution in [2.45, 2.75) is 43.0 Å². The molecule has 0 aliphatic carbocycles. The average molecular weight is 456 g/mol. The van der Waals surface area contributed by atoms with Crippen molar-refractivity contribution in [1.29, 1.82) is 0 Å². The number of hydrogen-bond donors (Lipinski definition) is 3. The number of amides is 3. The minimum absolute atomic E-state index is 0.00558. The second-order valence-electron chi connectivity index (χ2n) is 7.07. The van der Waals surface area contributed by atoms with E-state index in [2.05, 4.69) is 15.0 Å². The van der Waals surface area contributed by atoms with Gasteiger partial charge in [0.15, 0.2) is 0 Å². The van der Waals surface area contributed by atoms with Crippen LogP contribution < -0.4 is 16.4 Å². The smallest absolute Gasteiger partial charge is 0.312 e. The molecule has 2 rings (SSSR count). The van der Waals surface area contributed by atoms with Gasteiger partial charge in [0.05, 0.1) is 4.90 Å². The molecule has 0 bridgehead atoms. The number of amidine groups is 1. The van der Waals surface area contributed by atoms with Crippen LogP contribution >= 0.6 is 11.8 Å². The average Bonchev–Trinajstić information content (AvgIpc) is 2.89. The topological polar surface area (TPSA) is 134 Å². The van der Waals surface area contributed by atoms with Crippen LogP contribution in [0.3, 0.4) is 0 Å². The molecule has 1 aliphatic rings. The van der Waals surface area contributed by atoms with Crippen molar-refractivity contribution in [3.63, 3.8) is 0 Å². The highest BCUT2D eigenvalue weighted by Crippen LogP contribution is 2.20. The maximum atomic E-state index is 12.8. The molecule has 4 N–H and O–H groups in total. The molecule has 0 spiro atoms. The summed E-state index contributed by atoms with van der Waals surface area (Å²) >= 11 is 1.53. The maximum absolute atomic E-state index is 12.8. The van der Waals surface area contributed by atoms with Gasteiger partial charge in [-0.15, -0.1) is 4.40 Å². The minimum Gasteiger partial charge on any atom is -0.362 e. The minimum atomic E-state index is -3.92. The van der Waals surface area contributed by atoms with Crippen molar-refractivity contribution >= 4 is 45.2 Å². The van der Waals surface area contributed by atoms with Gasteiger partial charge in [-0.25, -0.2) is 4.79 Å². The highest BCUT2D eigenvalue weighted by Gasteiger charge is 2.21. The van der Waals surface area contributed by atoms with Crippen LogP contribution in [0, 0.1) is 0 Å². The fraction of sp³-hybridized carbons (Fsp3) is 0.526. The van der Waals surface area contributed by atoms with Crippen LogP contribution in [-0.2, 0) is 14.8 Å². The van der Waals surface area contributed by atoms with E-state index >= 15 is 0 Å². The molecule has 1 unspecified atom stereocenters. The number of nitrogens with one attached hydrogen (secondary N) is 2. The SMILES string of the molecule is CSCCC(NC(N)=O)C(=O)Nc1cccc(S(=O)(=O)/N=C2/CCCCCN2C)c1. The predicted molar refractivity (Wildman–Crippen MR) is 120 cm³/mol. The van der Waals surface area contributed by atoms with Crippen molar-refractivity contribution in [3.05, 3.63) is 24.3 Å². The van der Waals surface area contributed by atoms with E-state index < -0.39 is 28.0 Å². The molecule has 1 saturated heterocycles. The Morgan fingerprint density at radius 3 is 2.77 bits per heavy atom. The zero-order valence-corrected chi connectivity index (χ0v) is 18.9. The number of primary amides is 1. The van der Waals surface area contributed by atoms with Crippen molar-refractivity contribution in [3.8, 4) is 0 Å². The van der Waals surface area contributed by atoms with Crippen LogP contribution in [0.25, 0.3) is 0 Å². The van der Waals surface area contributed by atoms with E-state index in [9.17, 15) is 18.0 Å². The Morgan fingerprint density at radius 2 is 2.07 bits per heavy atom. The quantitative estimate of drug-likeness (QED) is 0.549. The third kappa shape index (κ3) is 7.21. The molecular formula is C19H29N5O4S2. The molecule has 11 heteroatoms. The lowest BCUT2D eigenvalue weighted by Crippen LogP contribution is -2.46. The van der Waals surface area contributed by atoms with Gasteiger partial charge in [-0.1, -0.05) is 12.5 Å². The number of carbonyl (C=O) groups excluding carboxylic acids is 2. The Hall–Kier alpha value is -2.27. The highest BCUT2D eigenvalue weighted by atomic mass is 32.2. The van der Waals surface area contributed by atoms with E-state index in [0.717, 1.165) is 25.8 Å². The third-order valence-electron chi connectivity index (χ3n) is 4.70. The van der Waals surface area contributed by atoms with Gasteiger partial charge in [-0.2, -0.15) is 20.2 Å². The van der Waals surface area contributed by atoms with E-state index in [1.54, 1.807) is 6.07 Å². The number of nitrogens with two attached hydrogens (primary N) is 1. The number of benzene rings is 1. The molecule has 30 heavy (non-hydrogen) atoms. The summed E-state index contributed by atoms with van der Waals surface area (Å²) in [6.45, 7) is 0.773. The summed E-state index contributed by atoms with van der Waals surface area (Å²) in [6, 6.07) is 4.32. The molecule has 3 amide bonds. The Labute approximate surface area is 181 Å². The van der Waals surface area contributed by atoms with Gasteiger partial charge in [-0.3, -0.25) is 4.79 Å². The standard InChI is InChI=1S/C19H29N5O4S2/c1-24-11-5-3-4-9-17(24)23-30(27,28)15-8-6-7-14(13-15)21-18(25)16(10-12-29-2)22-19(20)26/h6-8,13,16H,3-5,9-12H2,1-2H3,(H,21,25)(H3,20,22,26)/b23-17-. The van der Waals surface area contributed by atoms with Crippen molar-refractivity contribution in [2.24, 2.45) is 10.1 Å². The molecule has 166 valence electrons. The van der Waals surface area contributed by atoms with Crippen LogP contribution in [0.15, 0.2) is 33.6 Å². The van der Waals surface area contributed by atoms with Gasteiger partial charge in [-0.05, 0) is 49.5 Å². The molecule has 0 radical (unpaired) electrons. The molecule has 9 nitrogen and oxygen atoms in total. The van der Waals surface area contributed by atoms with Crippen LogP contribution in [-0.4, -0.2) is 62.7 Å². The Kier molecular flexibility index (Phi) is 8.97. The second kappa shape index (κ2) is 11.2. The molecule has 0 aromatic heterocycles. The Balaban J connectivity index is 2.19. The first-order valence-electron chi connectivity index (χ1n) is 9.74. The van der Waals surface area contributed by atoms with Crippen LogP contribution in [0.4, 0.5) is 10.5 Å². The first-order valence-corrected chi connectivity index (χ1v) is 12.6. The van der Waals surface area contributed by atoms with Crippen LogP contribution in [0.5, 0.6) is 0 Å². The van der Waals surface area contributed by atoms with E-state index in [1.165, 1.54) is 30.0 Å². The number of sulfonamides is 1. The maximum Gasteiger partial charge on any atom is 0.312 e. The monoisotopic (exact) mass is 455 g/mol. The van der Waals surface area contributed by atoms with Crippen LogP contribution in [0.2, 0.25) is 0 Å². The molecule has 1 fully saturated rings. The lowest BCUT2D eigenvalue weighted by molar-refractivity contribution is -0.117. The van der Waals surface area contributed by atoms with Gasteiger partial charge in [0.25, 0.3) is 10.0 Å². The summed E-state index contributed by atoms with van der Waals surface area (Å²) in [5.74, 6) is 0.731. The highest BCUT2D eigenvalue weighted by molar-refractivity contribution is 7.98. The number of urea groups is 1. The lowest BCUT2D eigenvalue weighted by atomic mass is 10.2. The summed E-state index contributed by atoms with van der Waals surface area (Å²) in [7, 11) is -2.07. The lowest BCUT2D eigenvalue weighted by Gasteiger charge is -2.18. The normalized spacial score (nSPS) is 17.3. The Bertz CT molecular complexity index is 889. The van der Waals surface area contributed by atoms with Crippen LogP contribution in [0.1, 0.15) is 32.1 Å². The van der Waals surface area contributed by atoms with E-state index in [0.29, 0.717) is 30.1 Å². The van der Waals surface area contributed by atoms with Gasteiger partial charge in [0.1, 0.15) is 11.9 Å². The first-order chi connectivity index (χ1) is 14.2. The summed E-state index contributed by atoms with van der Waals surface area (Å²) in [5.41, 5.74) is 5.46. The van der Waals surface area contributed by atoms with Gasteiger partial charge < -0.3 is 21.3 Å². The van der Waals surface area contributed by atoms with Crippen molar-refractivity contribution in [1.82, 2.24) is 10.2 Å². The first kappa shape index (κ1) is 24.0. The molecule has 0 saturated carbocycles. The summed E-state index contributed by atoms with van der Waals surface area (Å²) in [4.78, 5) is 25.6. The van der Waals surface area contributed by atoms with Gasteiger partial charge in [0, 0.05) is 25.7 Å².